The molecule has 0 saturated heterocycles. The predicted octanol–water partition coefficient (Wildman–Crippen LogP) is 4.64. The smallest absolute Gasteiger partial charge is 0.273 e. The summed E-state index contributed by atoms with van der Waals surface area (Å²) in [5, 5.41) is 14.3. The van der Waals surface area contributed by atoms with E-state index in [9.17, 15) is 14.9 Å². The second-order valence-electron chi connectivity index (χ2n) is 4.53. The van der Waals surface area contributed by atoms with Crippen molar-refractivity contribution in [2.45, 2.75) is 4.90 Å². The molecule has 2 rings (SSSR count). The number of hydrogen-bond acceptors (Lipinski definition) is 5. The first-order chi connectivity index (χ1) is 11.4. The second kappa shape index (κ2) is 8.23. The van der Waals surface area contributed by atoms with Crippen LogP contribution in [-0.2, 0) is 4.79 Å². The third kappa shape index (κ3) is 4.53. The van der Waals surface area contributed by atoms with Gasteiger partial charge in [-0.1, -0.05) is 29.3 Å². The Kier molecular flexibility index (Phi) is 6.30. The Balaban J connectivity index is 2.06. The van der Waals surface area contributed by atoms with Gasteiger partial charge in [0.1, 0.15) is 5.75 Å². The number of non-ortho nitro benzene ring substituents is 1. The first kappa shape index (κ1) is 18.4. The van der Waals surface area contributed by atoms with Crippen LogP contribution >= 0.6 is 35.0 Å². The molecule has 0 aliphatic heterocycles. The monoisotopic (exact) mass is 386 g/mol. The van der Waals surface area contributed by atoms with E-state index >= 15 is 0 Å². The molecule has 6 nitrogen and oxygen atoms in total. The lowest BCUT2D eigenvalue weighted by Gasteiger charge is -2.10. The van der Waals surface area contributed by atoms with E-state index in [2.05, 4.69) is 5.32 Å². The van der Waals surface area contributed by atoms with Crippen LogP contribution in [0, 0.1) is 10.1 Å². The summed E-state index contributed by atoms with van der Waals surface area (Å²) in [7, 11) is 1.37. The molecule has 1 amide bonds. The van der Waals surface area contributed by atoms with Gasteiger partial charge in [0.2, 0.25) is 5.91 Å². The minimum Gasteiger partial charge on any atom is -0.494 e. The maximum absolute atomic E-state index is 12.1. The average molecular weight is 387 g/mol. The van der Waals surface area contributed by atoms with Crippen LogP contribution in [0.15, 0.2) is 41.3 Å². The first-order valence-electron chi connectivity index (χ1n) is 6.61. The first-order valence-corrected chi connectivity index (χ1v) is 8.35. The molecule has 0 spiro atoms. The van der Waals surface area contributed by atoms with E-state index < -0.39 is 4.92 Å². The lowest BCUT2D eigenvalue weighted by molar-refractivity contribution is -0.384. The fourth-order valence-electron chi connectivity index (χ4n) is 1.84. The number of benzene rings is 2. The van der Waals surface area contributed by atoms with E-state index in [-0.39, 0.29) is 23.1 Å². The Morgan fingerprint density at radius 3 is 2.54 bits per heavy atom. The molecule has 24 heavy (non-hydrogen) atoms. The molecule has 9 heteroatoms. The highest BCUT2D eigenvalue weighted by Crippen LogP contribution is 2.34. The number of nitro benzene ring substituents is 1. The number of ether oxygens (including phenoxy) is 1. The van der Waals surface area contributed by atoms with Gasteiger partial charge < -0.3 is 10.1 Å². The summed E-state index contributed by atoms with van der Waals surface area (Å²) < 4.78 is 5.07. The quantitative estimate of drug-likeness (QED) is 0.444. The van der Waals surface area contributed by atoms with Gasteiger partial charge >= 0.3 is 0 Å². The minimum absolute atomic E-state index is 0.0730. The molecule has 0 aliphatic rings. The lowest BCUT2D eigenvalue weighted by Crippen LogP contribution is -2.14. The van der Waals surface area contributed by atoms with Gasteiger partial charge in [-0.05, 0) is 18.2 Å². The van der Waals surface area contributed by atoms with E-state index in [1.807, 2.05) is 0 Å². The number of halogens is 2. The van der Waals surface area contributed by atoms with Crippen LogP contribution < -0.4 is 10.1 Å². The Hall–Kier alpha value is -1.96. The summed E-state index contributed by atoms with van der Waals surface area (Å²) in [6.07, 6.45) is 0. The van der Waals surface area contributed by atoms with Crippen molar-refractivity contribution in [3.05, 3.63) is 56.6 Å². The van der Waals surface area contributed by atoms with Gasteiger partial charge in [-0.15, -0.1) is 11.8 Å². The molecule has 0 saturated carbocycles. The van der Waals surface area contributed by atoms with Crippen molar-refractivity contribution in [3.63, 3.8) is 0 Å². The van der Waals surface area contributed by atoms with Crippen LogP contribution in [0.2, 0.25) is 10.0 Å². The van der Waals surface area contributed by atoms with Crippen LogP contribution in [0.5, 0.6) is 5.75 Å². The predicted molar refractivity (Wildman–Crippen MR) is 95.5 cm³/mol. The average Bonchev–Trinajstić information content (AvgIpc) is 2.54. The van der Waals surface area contributed by atoms with E-state index in [1.165, 1.54) is 37.1 Å². The molecule has 0 unspecified atom stereocenters. The van der Waals surface area contributed by atoms with Crippen LogP contribution in [0.3, 0.4) is 0 Å². The second-order valence-corrected chi connectivity index (χ2v) is 6.33. The van der Waals surface area contributed by atoms with Gasteiger partial charge in [-0.3, -0.25) is 14.9 Å². The van der Waals surface area contributed by atoms with Gasteiger partial charge in [0.05, 0.1) is 39.6 Å². The topological polar surface area (TPSA) is 81.5 Å². The third-order valence-corrected chi connectivity index (χ3v) is 4.93. The highest BCUT2D eigenvalue weighted by Gasteiger charge is 2.14. The van der Waals surface area contributed by atoms with Crippen molar-refractivity contribution < 1.29 is 14.5 Å². The Labute approximate surface area is 152 Å². The number of amides is 1. The Morgan fingerprint density at radius 2 is 1.96 bits per heavy atom. The maximum Gasteiger partial charge on any atom is 0.273 e. The zero-order valence-corrected chi connectivity index (χ0v) is 14.7. The van der Waals surface area contributed by atoms with Crippen LogP contribution in [-0.4, -0.2) is 23.7 Å². The van der Waals surface area contributed by atoms with Crippen molar-refractivity contribution in [1.82, 2.24) is 0 Å². The number of nitrogens with zero attached hydrogens (tertiary/aromatic N) is 1. The normalized spacial score (nSPS) is 10.3. The van der Waals surface area contributed by atoms with E-state index in [4.69, 9.17) is 27.9 Å². The molecular weight excluding hydrogens is 375 g/mol. The van der Waals surface area contributed by atoms with Crippen molar-refractivity contribution in [2.75, 3.05) is 18.2 Å². The van der Waals surface area contributed by atoms with E-state index in [1.54, 1.807) is 18.2 Å². The van der Waals surface area contributed by atoms with Gasteiger partial charge in [-0.2, -0.15) is 0 Å². The molecular formula is C15H12Cl2N2O4S. The van der Waals surface area contributed by atoms with Crippen molar-refractivity contribution in [1.29, 1.82) is 0 Å². The third-order valence-electron chi connectivity index (χ3n) is 2.94. The number of carbonyl (C=O) groups is 1. The summed E-state index contributed by atoms with van der Waals surface area (Å²) in [5.74, 6) is -0.0367. The largest absolute Gasteiger partial charge is 0.494 e. The van der Waals surface area contributed by atoms with Gasteiger partial charge in [0, 0.05) is 11.0 Å². The van der Waals surface area contributed by atoms with E-state index in [0.29, 0.717) is 20.6 Å². The summed E-state index contributed by atoms with van der Waals surface area (Å²) in [4.78, 5) is 22.9. The number of nitrogens with one attached hydrogen (secondary N) is 1. The molecule has 2 aromatic rings. The molecule has 0 heterocycles. The zero-order chi connectivity index (χ0) is 17.7. The zero-order valence-electron chi connectivity index (χ0n) is 12.4. The number of thioether (sulfide) groups is 1. The SMILES string of the molecule is COc1cc([N+](=O)[O-])ccc1NC(=O)CSc1c(Cl)cccc1Cl. The molecule has 0 radical (unpaired) electrons. The van der Waals surface area contributed by atoms with Gasteiger partial charge in [0.15, 0.2) is 0 Å². The van der Waals surface area contributed by atoms with Gasteiger partial charge in [0.25, 0.3) is 5.69 Å². The van der Waals surface area contributed by atoms with Crippen LogP contribution in [0.25, 0.3) is 0 Å². The van der Waals surface area contributed by atoms with Crippen molar-refractivity contribution in [3.8, 4) is 5.75 Å². The van der Waals surface area contributed by atoms with E-state index in [0.717, 1.165) is 0 Å². The summed E-state index contributed by atoms with van der Waals surface area (Å²) in [5.41, 5.74) is 0.223. The Morgan fingerprint density at radius 1 is 1.29 bits per heavy atom. The fraction of sp³-hybridized carbons (Fsp3) is 0.133. The standard InChI is InChI=1S/C15H12Cl2N2O4S/c1-23-13-7-9(19(21)22)5-6-12(13)18-14(20)8-24-15-10(16)3-2-4-11(15)17/h2-7H,8H2,1H3,(H,18,20). The molecule has 1 N–H and O–H groups in total. The number of methoxy groups -OCH3 is 1. The van der Waals surface area contributed by atoms with Crippen molar-refractivity contribution in [2.24, 2.45) is 0 Å². The van der Waals surface area contributed by atoms with Crippen molar-refractivity contribution >= 4 is 52.2 Å². The number of carbonyl (C=O) groups excluding carboxylic acids is 1. The summed E-state index contributed by atoms with van der Waals surface area (Å²) in [6, 6.07) is 9.04. The van der Waals surface area contributed by atoms with Gasteiger partial charge in [-0.25, -0.2) is 0 Å². The number of rotatable bonds is 6. The molecule has 0 atom stereocenters. The Bertz CT molecular complexity index is 766. The van der Waals surface area contributed by atoms with Crippen LogP contribution in [0.1, 0.15) is 0 Å². The van der Waals surface area contributed by atoms with Crippen LogP contribution in [0.4, 0.5) is 11.4 Å². The highest BCUT2D eigenvalue weighted by molar-refractivity contribution is 8.00. The fourth-order valence-corrected chi connectivity index (χ4v) is 3.33. The molecule has 2 aromatic carbocycles. The minimum atomic E-state index is -0.538. The number of nitro groups is 1. The molecule has 0 aliphatic carbocycles. The molecule has 126 valence electrons. The maximum atomic E-state index is 12.1. The molecule has 0 aromatic heterocycles. The highest BCUT2D eigenvalue weighted by atomic mass is 35.5. The number of hydrogen-bond donors (Lipinski definition) is 1. The molecule has 0 bridgehead atoms. The molecule has 0 fully saturated rings. The lowest BCUT2D eigenvalue weighted by atomic mass is 10.2. The summed E-state index contributed by atoms with van der Waals surface area (Å²) in [6.45, 7) is 0. The summed E-state index contributed by atoms with van der Waals surface area (Å²) >= 11 is 13.3. The number of anilines is 1.